The lowest BCUT2D eigenvalue weighted by atomic mass is 9.96. The van der Waals surface area contributed by atoms with E-state index in [9.17, 15) is 10.1 Å². The highest BCUT2D eigenvalue weighted by Crippen LogP contribution is 2.24. The minimum atomic E-state index is -0.260. The normalized spacial score (nSPS) is 11.1. The lowest BCUT2D eigenvalue weighted by molar-refractivity contribution is -0.145. The second kappa shape index (κ2) is 9.36. The zero-order valence-electron chi connectivity index (χ0n) is 17.5. The van der Waals surface area contributed by atoms with Crippen LogP contribution in [-0.4, -0.2) is 16.1 Å². The van der Waals surface area contributed by atoms with Crippen LogP contribution in [0, 0.1) is 11.3 Å². The van der Waals surface area contributed by atoms with E-state index in [0.29, 0.717) is 36.5 Å². The molecule has 0 amide bonds. The zero-order valence-corrected chi connectivity index (χ0v) is 17.5. The summed E-state index contributed by atoms with van der Waals surface area (Å²) < 4.78 is 10.6. The Morgan fingerprint density at radius 1 is 1.13 bits per heavy atom. The van der Waals surface area contributed by atoms with Crippen LogP contribution in [0.15, 0.2) is 53.1 Å². The van der Waals surface area contributed by atoms with Crippen LogP contribution >= 0.6 is 0 Å². The van der Waals surface area contributed by atoms with Crippen molar-refractivity contribution in [3.63, 3.8) is 0 Å². The van der Waals surface area contributed by atoms with Crippen molar-refractivity contribution in [1.29, 1.82) is 5.26 Å². The summed E-state index contributed by atoms with van der Waals surface area (Å²) in [6.45, 7) is 6.28. The van der Waals surface area contributed by atoms with E-state index in [1.54, 1.807) is 6.07 Å². The maximum atomic E-state index is 12.0. The Hall–Kier alpha value is -3.46. The number of esters is 1. The molecule has 6 nitrogen and oxygen atoms in total. The van der Waals surface area contributed by atoms with E-state index < -0.39 is 0 Å². The number of carbonyl (C=O) groups excluding carboxylic acids is 1. The molecule has 0 aliphatic heterocycles. The van der Waals surface area contributed by atoms with Gasteiger partial charge in [-0.05, 0) is 29.2 Å². The third-order valence-electron chi connectivity index (χ3n) is 4.62. The summed E-state index contributed by atoms with van der Waals surface area (Å²) in [6, 6.07) is 17.3. The molecule has 0 saturated carbocycles. The standard InChI is InChI=1S/C24H25N3O3/c1-24(2,3)23-26-21(30-27-23)9-6-10-22(28)29-16-17-11-13-18(14-12-17)20-8-5-4-7-19(20)15-25/h4-5,7-8,11-14H,6,9-10,16H2,1-3H3. The molecule has 0 aliphatic rings. The molecular formula is C24H25N3O3. The van der Waals surface area contributed by atoms with Crippen molar-refractivity contribution in [1.82, 2.24) is 10.1 Å². The van der Waals surface area contributed by atoms with E-state index in [0.717, 1.165) is 16.7 Å². The summed E-state index contributed by atoms with van der Waals surface area (Å²) in [5.74, 6) is 0.950. The summed E-state index contributed by atoms with van der Waals surface area (Å²) in [7, 11) is 0. The van der Waals surface area contributed by atoms with Crippen LogP contribution in [0.4, 0.5) is 0 Å². The minimum Gasteiger partial charge on any atom is -0.461 e. The van der Waals surface area contributed by atoms with Gasteiger partial charge in [0.15, 0.2) is 5.82 Å². The van der Waals surface area contributed by atoms with Crippen LogP contribution in [0.25, 0.3) is 11.1 Å². The maximum absolute atomic E-state index is 12.0. The van der Waals surface area contributed by atoms with E-state index in [1.165, 1.54) is 0 Å². The first kappa shape index (κ1) is 21.3. The Morgan fingerprint density at radius 3 is 2.53 bits per heavy atom. The summed E-state index contributed by atoms with van der Waals surface area (Å²) in [6.07, 6.45) is 1.43. The fourth-order valence-electron chi connectivity index (χ4n) is 2.89. The summed E-state index contributed by atoms with van der Waals surface area (Å²) >= 11 is 0. The molecule has 1 aromatic heterocycles. The molecule has 0 fully saturated rings. The van der Waals surface area contributed by atoms with Crippen molar-refractivity contribution in [3.8, 4) is 17.2 Å². The molecule has 0 atom stereocenters. The average molecular weight is 403 g/mol. The van der Waals surface area contributed by atoms with Crippen molar-refractivity contribution in [2.24, 2.45) is 0 Å². The van der Waals surface area contributed by atoms with Crippen LogP contribution in [0.2, 0.25) is 0 Å². The van der Waals surface area contributed by atoms with Crippen LogP contribution in [0.1, 0.15) is 56.5 Å². The van der Waals surface area contributed by atoms with Crippen LogP contribution in [0.3, 0.4) is 0 Å². The van der Waals surface area contributed by atoms with Gasteiger partial charge >= 0.3 is 5.97 Å². The van der Waals surface area contributed by atoms with Gasteiger partial charge in [0, 0.05) is 18.3 Å². The molecule has 3 rings (SSSR count). The maximum Gasteiger partial charge on any atom is 0.306 e. The number of benzene rings is 2. The van der Waals surface area contributed by atoms with Gasteiger partial charge in [0.05, 0.1) is 11.6 Å². The number of hydrogen-bond acceptors (Lipinski definition) is 6. The van der Waals surface area contributed by atoms with E-state index in [1.807, 2.05) is 63.2 Å². The second-order valence-electron chi connectivity index (χ2n) is 8.13. The average Bonchev–Trinajstić information content (AvgIpc) is 3.22. The van der Waals surface area contributed by atoms with Crippen molar-refractivity contribution in [2.75, 3.05) is 0 Å². The largest absolute Gasteiger partial charge is 0.461 e. The Labute approximate surface area is 176 Å². The van der Waals surface area contributed by atoms with Gasteiger partial charge in [-0.2, -0.15) is 10.2 Å². The summed E-state index contributed by atoms with van der Waals surface area (Å²) in [5.41, 5.74) is 3.21. The second-order valence-corrected chi connectivity index (χ2v) is 8.13. The third kappa shape index (κ3) is 5.54. The summed E-state index contributed by atoms with van der Waals surface area (Å²) in [5, 5.41) is 13.2. The molecule has 6 heteroatoms. The number of rotatable bonds is 7. The quantitative estimate of drug-likeness (QED) is 0.517. The molecule has 154 valence electrons. The highest BCUT2D eigenvalue weighted by atomic mass is 16.5. The van der Waals surface area contributed by atoms with Gasteiger partial charge in [-0.1, -0.05) is 68.4 Å². The SMILES string of the molecule is CC(C)(C)c1noc(CCCC(=O)OCc2ccc(-c3ccccc3C#N)cc2)n1. The molecule has 30 heavy (non-hydrogen) atoms. The third-order valence-corrected chi connectivity index (χ3v) is 4.62. The molecule has 0 spiro atoms. The molecule has 0 radical (unpaired) electrons. The Balaban J connectivity index is 1.46. The molecule has 0 unspecified atom stereocenters. The van der Waals surface area contributed by atoms with E-state index in [-0.39, 0.29) is 18.0 Å². The first-order valence-corrected chi connectivity index (χ1v) is 9.94. The number of hydrogen-bond donors (Lipinski definition) is 0. The topological polar surface area (TPSA) is 89.0 Å². The molecule has 1 heterocycles. The van der Waals surface area contributed by atoms with Crippen molar-refractivity contribution in [3.05, 3.63) is 71.4 Å². The molecule has 3 aromatic rings. The van der Waals surface area contributed by atoms with Crippen molar-refractivity contribution >= 4 is 5.97 Å². The monoisotopic (exact) mass is 403 g/mol. The van der Waals surface area contributed by atoms with Crippen molar-refractivity contribution < 1.29 is 14.1 Å². The number of carbonyl (C=O) groups is 1. The molecular weight excluding hydrogens is 378 g/mol. The highest BCUT2D eigenvalue weighted by Gasteiger charge is 2.20. The van der Waals surface area contributed by atoms with Gasteiger partial charge in [0.2, 0.25) is 5.89 Å². The number of nitriles is 1. The number of ether oxygens (including phenoxy) is 1. The van der Waals surface area contributed by atoms with Gasteiger partial charge in [-0.25, -0.2) is 0 Å². The molecule has 0 saturated heterocycles. The zero-order chi connectivity index (χ0) is 21.6. The van der Waals surface area contributed by atoms with Gasteiger partial charge in [-0.3, -0.25) is 4.79 Å². The van der Waals surface area contributed by atoms with Crippen LogP contribution in [-0.2, 0) is 28.0 Å². The van der Waals surface area contributed by atoms with Crippen LogP contribution in [0.5, 0.6) is 0 Å². The molecule has 0 bridgehead atoms. The predicted octanol–water partition coefficient (Wildman–Crippen LogP) is 4.97. The van der Waals surface area contributed by atoms with Gasteiger partial charge in [0.25, 0.3) is 0 Å². The van der Waals surface area contributed by atoms with Gasteiger partial charge in [-0.15, -0.1) is 0 Å². The molecule has 0 aliphatic carbocycles. The van der Waals surface area contributed by atoms with E-state index >= 15 is 0 Å². The van der Waals surface area contributed by atoms with Gasteiger partial charge < -0.3 is 9.26 Å². The molecule has 0 N–H and O–H groups in total. The summed E-state index contributed by atoms with van der Waals surface area (Å²) in [4.78, 5) is 16.4. The fourth-order valence-corrected chi connectivity index (χ4v) is 2.89. The smallest absolute Gasteiger partial charge is 0.306 e. The highest BCUT2D eigenvalue weighted by molar-refractivity contribution is 5.71. The van der Waals surface area contributed by atoms with E-state index in [2.05, 4.69) is 16.2 Å². The van der Waals surface area contributed by atoms with Crippen LogP contribution < -0.4 is 0 Å². The molecule has 2 aromatic carbocycles. The lowest BCUT2D eigenvalue weighted by Gasteiger charge is -2.10. The minimum absolute atomic E-state index is 0.160. The Kier molecular flexibility index (Phi) is 6.63. The first-order chi connectivity index (χ1) is 14.4. The number of nitrogens with zero attached hydrogens (tertiary/aromatic N) is 3. The van der Waals surface area contributed by atoms with Crippen molar-refractivity contribution in [2.45, 2.75) is 52.1 Å². The predicted molar refractivity (Wildman–Crippen MR) is 112 cm³/mol. The fraction of sp³-hybridized carbons (Fsp3) is 0.333. The van der Waals surface area contributed by atoms with E-state index in [4.69, 9.17) is 9.26 Å². The first-order valence-electron chi connectivity index (χ1n) is 9.94. The number of aromatic nitrogens is 2. The Morgan fingerprint density at radius 2 is 1.87 bits per heavy atom. The lowest BCUT2D eigenvalue weighted by Crippen LogP contribution is -2.13. The number of aryl methyl sites for hydroxylation is 1. The van der Waals surface area contributed by atoms with Gasteiger partial charge in [0.1, 0.15) is 6.61 Å². The Bertz CT molecular complexity index is 1040.